The highest BCUT2D eigenvalue weighted by Gasteiger charge is 2.42. The van der Waals surface area contributed by atoms with Gasteiger partial charge in [-0.1, -0.05) is 49.8 Å². The van der Waals surface area contributed by atoms with Crippen LogP contribution in [0.4, 0.5) is 0 Å². The van der Waals surface area contributed by atoms with Crippen molar-refractivity contribution < 1.29 is 20.1 Å². The van der Waals surface area contributed by atoms with Crippen molar-refractivity contribution in [3.63, 3.8) is 0 Å². The van der Waals surface area contributed by atoms with E-state index in [0.717, 1.165) is 19.3 Å². The van der Waals surface area contributed by atoms with Gasteiger partial charge in [0.25, 0.3) is 0 Å². The van der Waals surface area contributed by atoms with Gasteiger partial charge in [-0.15, -0.1) is 11.8 Å². The number of aliphatic carboxylic acids is 1. The lowest BCUT2D eigenvalue weighted by atomic mass is 9.88. The molecule has 1 fully saturated rings. The third-order valence-corrected chi connectivity index (χ3v) is 5.43. The second kappa shape index (κ2) is 10.5. The van der Waals surface area contributed by atoms with Crippen LogP contribution in [-0.4, -0.2) is 33.5 Å². The second-order valence-corrected chi connectivity index (χ2v) is 7.75. The number of aliphatic hydroxyl groups excluding tert-OH is 2. The Bertz CT molecular complexity index is 649. The summed E-state index contributed by atoms with van der Waals surface area (Å²) in [6.45, 7) is 4.03. The summed E-state index contributed by atoms with van der Waals surface area (Å²) in [7, 11) is 0. The van der Waals surface area contributed by atoms with Crippen LogP contribution in [0.5, 0.6) is 0 Å². The molecular formula is C23H32O4. The fourth-order valence-corrected chi connectivity index (χ4v) is 4.14. The number of hydrogen-bond donors (Lipinski definition) is 3. The highest BCUT2D eigenvalue weighted by atomic mass is 16.4. The maximum Gasteiger partial charge on any atom is 0.303 e. The molecule has 0 bridgehead atoms. The van der Waals surface area contributed by atoms with Crippen LogP contribution in [0.15, 0.2) is 36.0 Å². The molecule has 0 aromatic carbocycles. The average Bonchev–Trinajstić information content (AvgIpc) is 3.11. The number of carbonyl (C=O) groups is 1. The second-order valence-electron chi connectivity index (χ2n) is 7.75. The Kier molecular flexibility index (Phi) is 8.34. The van der Waals surface area contributed by atoms with E-state index in [1.54, 1.807) is 0 Å². The normalized spacial score (nSPS) is 29.4. The average molecular weight is 373 g/mol. The lowest BCUT2D eigenvalue weighted by Gasteiger charge is -2.18. The Morgan fingerprint density at radius 3 is 2.93 bits per heavy atom. The molecule has 2 aliphatic rings. The number of aliphatic hydroxyl groups is 2. The van der Waals surface area contributed by atoms with Gasteiger partial charge < -0.3 is 15.3 Å². The van der Waals surface area contributed by atoms with Crippen molar-refractivity contribution in [1.29, 1.82) is 0 Å². The topological polar surface area (TPSA) is 77.8 Å². The van der Waals surface area contributed by atoms with Crippen LogP contribution in [-0.2, 0) is 4.79 Å². The Morgan fingerprint density at radius 2 is 2.22 bits per heavy atom. The van der Waals surface area contributed by atoms with Crippen LogP contribution in [0.2, 0.25) is 0 Å². The van der Waals surface area contributed by atoms with Gasteiger partial charge in [-0.25, -0.2) is 0 Å². The molecule has 0 aromatic rings. The molecule has 6 atom stereocenters. The molecule has 0 aromatic heterocycles. The quantitative estimate of drug-likeness (QED) is 0.448. The molecule has 2 aliphatic carbocycles. The molecule has 27 heavy (non-hydrogen) atoms. The van der Waals surface area contributed by atoms with Gasteiger partial charge in [-0.3, -0.25) is 4.79 Å². The molecule has 0 aliphatic heterocycles. The third kappa shape index (κ3) is 6.68. The number of hydrogen-bond acceptors (Lipinski definition) is 3. The molecule has 4 nitrogen and oxygen atoms in total. The van der Waals surface area contributed by atoms with Gasteiger partial charge >= 0.3 is 5.97 Å². The van der Waals surface area contributed by atoms with Crippen molar-refractivity contribution in [3.8, 4) is 11.8 Å². The summed E-state index contributed by atoms with van der Waals surface area (Å²) in [5.41, 5.74) is 1.23. The lowest BCUT2D eigenvalue weighted by Crippen LogP contribution is -2.18. The minimum Gasteiger partial charge on any atom is -0.481 e. The molecule has 148 valence electrons. The summed E-state index contributed by atoms with van der Waals surface area (Å²) in [6, 6.07) is 0. The van der Waals surface area contributed by atoms with E-state index in [1.807, 2.05) is 38.2 Å². The number of fused-ring (bicyclic) bond motifs is 1. The highest BCUT2D eigenvalue weighted by Crippen LogP contribution is 2.47. The zero-order chi connectivity index (χ0) is 19.8. The molecule has 0 heterocycles. The van der Waals surface area contributed by atoms with E-state index in [-0.39, 0.29) is 24.4 Å². The van der Waals surface area contributed by atoms with Gasteiger partial charge in [0.1, 0.15) is 0 Å². The van der Waals surface area contributed by atoms with E-state index in [9.17, 15) is 15.0 Å². The molecule has 4 heteroatoms. The van der Waals surface area contributed by atoms with Crippen LogP contribution in [0, 0.1) is 35.5 Å². The smallest absolute Gasteiger partial charge is 0.303 e. The summed E-state index contributed by atoms with van der Waals surface area (Å²) >= 11 is 0. The van der Waals surface area contributed by atoms with E-state index in [0.29, 0.717) is 24.7 Å². The summed E-state index contributed by atoms with van der Waals surface area (Å²) in [4.78, 5) is 10.6. The Hall–Kier alpha value is -1.83. The summed E-state index contributed by atoms with van der Waals surface area (Å²) in [5, 5.41) is 29.3. The maximum atomic E-state index is 10.6. The molecule has 2 rings (SSSR count). The van der Waals surface area contributed by atoms with Crippen LogP contribution < -0.4 is 0 Å². The van der Waals surface area contributed by atoms with E-state index < -0.39 is 12.1 Å². The first-order valence-corrected chi connectivity index (χ1v) is 10.0. The van der Waals surface area contributed by atoms with Crippen molar-refractivity contribution >= 4 is 5.97 Å². The Morgan fingerprint density at radius 1 is 1.44 bits per heavy atom. The first-order chi connectivity index (χ1) is 12.9. The molecule has 3 N–H and O–H groups in total. The van der Waals surface area contributed by atoms with E-state index in [1.165, 1.54) is 5.57 Å². The number of carboxylic acids is 1. The largest absolute Gasteiger partial charge is 0.481 e. The first-order valence-electron chi connectivity index (χ1n) is 10.0. The van der Waals surface area contributed by atoms with Gasteiger partial charge in [0.2, 0.25) is 0 Å². The predicted molar refractivity (Wildman–Crippen MR) is 107 cm³/mol. The lowest BCUT2D eigenvalue weighted by molar-refractivity contribution is -0.136. The molecule has 1 unspecified atom stereocenters. The minimum absolute atomic E-state index is 0.0582. The Labute approximate surface area is 162 Å². The third-order valence-electron chi connectivity index (χ3n) is 5.43. The summed E-state index contributed by atoms with van der Waals surface area (Å²) in [5.74, 6) is 6.33. The SMILES string of the molecule is CCC#CC(C)C[C@H](O)C=C[C@H]1[C@H]2CC(C=CCCC(=O)O)=C[C@H]2C[C@H]1O. The molecule has 0 saturated heterocycles. The van der Waals surface area contributed by atoms with Gasteiger partial charge in [0.05, 0.1) is 12.2 Å². The van der Waals surface area contributed by atoms with E-state index in [4.69, 9.17) is 5.11 Å². The number of rotatable bonds is 8. The Balaban J connectivity index is 1.88. The van der Waals surface area contributed by atoms with Crippen molar-refractivity contribution in [2.24, 2.45) is 23.7 Å². The van der Waals surface area contributed by atoms with Gasteiger partial charge in [0.15, 0.2) is 0 Å². The summed E-state index contributed by atoms with van der Waals surface area (Å²) < 4.78 is 0. The van der Waals surface area contributed by atoms with Crippen molar-refractivity contribution in [3.05, 3.63) is 36.0 Å². The van der Waals surface area contributed by atoms with E-state index in [2.05, 4.69) is 17.9 Å². The molecule has 0 amide bonds. The molecule has 1 saturated carbocycles. The first kappa shape index (κ1) is 21.5. The predicted octanol–water partition coefficient (Wildman–Crippen LogP) is 3.71. The molecule has 0 spiro atoms. The van der Waals surface area contributed by atoms with Crippen LogP contribution >= 0.6 is 0 Å². The van der Waals surface area contributed by atoms with Crippen molar-refractivity contribution in [1.82, 2.24) is 0 Å². The van der Waals surface area contributed by atoms with Crippen molar-refractivity contribution in [2.45, 2.75) is 64.6 Å². The fraction of sp³-hybridized carbons (Fsp3) is 0.609. The molecular weight excluding hydrogens is 340 g/mol. The monoisotopic (exact) mass is 372 g/mol. The highest BCUT2D eigenvalue weighted by molar-refractivity contribution is 5.66. The maximum absolute atomic E-state index is 10.6. The van der Waals surface area contributed by atoms with Crippen LogP contribution in [0.25, 0.3) is 0 Å². The number of allylic oxidation sites excluding steroid dienone is 4. The summed E-state index contributed by atoms with van der Waals surface area (Å²) in [6.07, 6.45) is 12.8. The van der Waals surface area contributed by atoms with Gasteiger partial charge in [-0.2, -0.15) is 0 Å². The standard InChI is InChI=1S/C23H32O4/c1-3-4-7-16(2)12-19(24)10-11-20-21-14-17(8-5-6-9-23(26)27)13-18(21)15-22(20)25/h5,8,10-11,13,16,18-22,24-25H,3,6,9,12,14-15H2,1-2H3,(H,26,27)/t16?,18-,19+,20-,21-,22+/m0/s1. The van der Waals surface area contributed by atoms with Gasteiger partial charge in [-0.05, 0) is 37.5 Å². The van der Waals surface area contributed by atoms with Crippen LogP contribution in [0.1, 0.15) is 52.4 Å². The molecule has 0 radical (unpaired) electrons. The zero-order valence-corrected chi connectivity index (χ0v) is 16.3. The minimum atomic E-state index is -0.779. The zero-order valence-electron chi connectivity index (χ0n) is 16.3. The van der Waals surface area contributed by atoms with Crippen LogP contribution in [0.3, 0.4) is 0 Å². The fourth-order valence-electron chi connectivity index (χ4n) is 4.14. The van der Waals surface area contributed by atoms with Gasteiger partial charge in [0, 0.05) is 24.7 Å². The van der Waals surface area contributed by atoms with E-state index >= 15 is 0 Å². The van der Waals surface area contributed by atoms with Crippen molar-refractivity contribution in [2.75, 3.05) is 0 Å². The number of carboxylic acid groups (broad SMARTS) is 1.